The van der Waals surface area contributed by atoms with Gasteiger partial charge in [0.05, 0.1) is 42.8 Å². The second-order valence-electron chi connectivity index (χ2n) is 21.9. The summed E-state index contributed by atoms with van der Waals surface area (Å²) in [7, 11) is -5.79. The lowest BCUT2D eigenvalue weighted by Gasteiger charge is -2.41. The van der Waals surface area contributed by atoms with Gasteiger partial charge in [-0.05, 0) is 104 Å². The Morgan fingerprint density at radius 2 is 1.42 bits per heavy atom. The fraction of sp³-hybridized carbons (Fsp3) is 0.844. The van der Waals surface area contributed by atoms with Crippen molar-refractivity contribution in [3.63, 3.8) is 0 Å². The molecule has 0 spiro atoms. The smallest absolute Gasteiger partial charge is 0.309 e. The Kier molecular flexibility index (Phi) is 18.4. The minimum absolute atomic E-state index is 0.000813. The van der Waals surface area contributed by atoms with Gasteiger partial charge in [0, 0.05) is 20.4 Å². The molecule has 0 bridgehead atoms. The molecular formula is C45H83NO6Si3. The number of rotatable bonds is 9. The predicted molar refractivity (Wildman–Crippen MR) is 237 cm³/mol. The van der Waals surface area contributed by atoms with Gasteiger partial charge in [0.1, 0.15) is 6.10 Å². The van der Waals surface area contributed by atoms with E-state index in [-0.39, 0.29) is 64.3 Å². The van der Waals surface area contributed by atoms with Crippen LogP contribution in [0.5, 0.6) is 0 Å². The number of ether oxygens (including phenoxy) is 2. The Labute approximate surface area is 341 Å². The van der Waals surface area contributed by atoms with Crippen LogP contribution in [0.1, 0.15) is 121 Å². The Morgan fingerprint density at radius 1 is 0.855 bits per heavy atom. The highest BCUT2D eigenvalue weighted by Crippen LogP contribution is 2.42. The van der Waals surface area contributed by atoms with Crippen LogP contribution in [0.2, 0.25) is 61.9 Å². The van der Waals surface area contributed by atoms with Crippen LogP contribution < -0.4 is 0 Å². The highest BCUT2D eigenvalue weighted by Gasteiger charge is 2.44. The summed E-state index contributed by atoms with van der Waals surface area (Å²) in [6.07, 6.45) is 10.8. The molecule has 0 aromatic rings. The second kappa shape index (κ2) is 20.4. The van der Waals surface area contributed by atoms with Crippen molar-refractivity contribution in [2.75, 3.05) is 6.61 Å². The Balaban J connectivity index is 2.61. The van der Waals surface area contributed by atoms with Gasteiger partial charge in [-0.25, -0.2) is 0 Å². The molecule has 9 atom stereocenters. The van der Waals surface area contributed by atoms with E-state index in [1.165, 1.54) is 0 Å². The van der Waals surface area contributed by atoms with E-state index in [1.54, 1.807) is 0 Å². The number of carbonyl (C=O) groups is 2. The lowest BCUT2D eigenvalue weighted by Crippen LogP contribution is -2.46. The van der Waals surface area contributed by atoms with E-state index < -0.39 is 30.8 Å². The normalized spacial score (nSPS) is 32.0. The molecule has 0 aromatic heterocycles. The molecule has 0 radical (unpaired) electrons. The topological polar surface area (TPSA) is 94.9 Å². The van der Waals surface area contributed by atoms with Gasteiger partial charge in [0.2, 0.25) is 0 Å². The Hall–Kier alpha value is -1.52. The molecule has 0 unspecified atom stereocenters. The Bertz CT molecular complexity index is 1350. The quantitative estimate of drug-likeness (QED) is 0.169. The highest BCUT2D eigenvalue weighted by atomic mass is 28.4. The van der Waals surface area contributed by atoms with Gasteiger partial charge in [0.25, 0.3) is 0 Å². The zero-order valence-electron chi connectivity index (χ0n) is 38.4. The number of nitriles is 1. The summed E-state index contributed by atoms with van der Waals surface area (Å²) >= 11 is 0. The molecule has 55 heavy (non-hydrogen) atoms. The maximum Gasteiger partial charge on any atom is 0.309 e. The van der Waals surface area contributed by atoms with Gasteiger partial charge in [-0.2, -0.15) is 5.26 Å². The molecular weight excluding hydrogens is 735 g/mol. The van der Waals surface area contributed by atoms with Gasteiger partial charge < -0.3 is 18.3 Å². The molecule has 0 saturated heterocycles. The van der Waals surface area contributed by atoms with E-state index in [2.05, 4.69) is 121 Å². The molecule has 1 heterocycles. The average molecular weight is 818 g/mol. The summed E-state index contributed by atoms with van der Waals surface area (Å²) in [5.74, 6) is 0.297. The van der Waals surface area contributed by atoms with Crippen LogP contribution in [0.15, 0.2) is 23.8 Å². The average Bonchev–Trinajstić information content (AvgIpc) is 3.51. The largest absolute Gasteiger partial charge is 0.466 e. The second-order valence-corrected chi connectivity index (χ2v) is 37.0. The van der Waals surface area contributed by atoms with E-state index in [1.807, 2.05) is 18.2 Å². The van der Waals surface area contributed by atoms with E-state index >= 15 is 0 Å². The first kappa shape index (κ1) is 49.6. The number of hydrogen-bond donors (Lipinski definition) is 0. The fourth-order valence-electron chi connectivity index (χ4n) is 7.88. The number of nitrogens with zero attached hydrogens (tertiary/aromatic N) is 1. The summed E-state index contributed by atoms with van der Waals surface area (Å²) in [4.78, 5) is 27.7. The van der Waals surface area contributed by atoms with Crippen molar-refractivity contribution in [3.05, 3.63) is 23.8 Å². The molecule has 1 aliphatic carbocycles. The van der Waals surface area contributed by atoms with E-state index in [4.69, 9.17) is 18.3 Å². The molecule has 2 rings (SSSR count). The van der Waals surface area contributed by atoms with E-state index in [9.17, 15) is 14.9 Å². The molecule has 10 heteroatoms. The van der Waals surface area contributed by atoms with Gasteiger partial charge in [-0.15, -0.1) is 0 Å². The first-order valence-corrected chi connectivity index (χ1v) is 31.1. The van der Waals surface area contributed by atoms with Crippen molar-refractivity contribution in [1.82, 2.24) is 0 Å². The first-order chi connectivity index (χ1) is 25.1. The molecule has 0 aromatic carbocycles. The number of esters is 2. The monoisotopic (exact) mass is 818 g/mol. The van der Waals surface area contributed by atoms with Crippen LogP contribution >= 0.6 is 0 Å². The van der Waals surface area contributed by atoms with Gasteiger partial charge in [-0.1, -0.05) is 107 Å². The van der Waals surface area contributed by atoms with Crippen LogP contribution in [-0.4, -0.2) is 61.6 Å². The van der Waals surface area contributed by atoms with Crippen molar-refractivity contribution in [1.29, 1.82) is 5.26 Å². The molecule has 0 N–H and O–H groups in total. The van der Waals surface area contributed by atoms with Crippen molar-refractivity contribution < 1.29 is 27.9 Å². The van der Waals surface area contributed by atoms with Gasteiger partial charge in [0.15, 0.2) is 16.6 Å². The van der Waals surface area contributed by atoms with Crippen molar-refractivity contribution in [3.8, 4) is 6.07 Å². The third kappa shape index (κ3) is 15.6. The third-order valence-corrected chi connectivity index (χ3v) is 24.0. The zero-order chi connectivity index (χ0) is 42.2. The fourth-order valence-corrected chi connectivity index (χ4v) is 11.4. The molecule has 316 valence electrons. The van der Waals surface area contributed by atoms with Crippen molar-refractivity contribution in [2.24, 2.45) is 35.5 Å². The lowest BCUT2D eigenvalue weighted by molar-refractivity contribution is -0.161. The van der Waals surface area contributed by atoms with Crippen LogP contribution in [0.25, 0.3) is 0 Å². The SMILES string of the molecule is C[C@@H]1C[C@H](C)C[C@H](C)[C@@H](O[Si](C)(C)C(C)(C)C)CC(=O)O[C@H]([C@@H]2CCC[C@H]2C(=O)OCC[Si](C)(C)C)C/C=C/C=C(/C#N)[C@H](O[Si](C)(C)C(C)(C)C)[C@@H](C)C1. The predicted octanol–water partition coefficient (Wildman–Crippen LogP) is 12.5. The summed E-state index contributed by atoms with van der Waals surface area (Å²) in [6.45, 7) is 39.0. The minimum atomic E-state index is -2.21. The van der Waals surface area contributed by atoms with Crippen molar-refractivity contribution in [2.45, 2.75) is 201 Å². The first-order valence-electron chi connectivity index (χ1n) is 21.6. The number of hydrogen-bond acceptors (Lipinski definition) is 7. The molecule has 1 saturated carbocycles. The minimum Gasteiger partial charge on any atom is -0.466 e. The Morgan fingerprint density at radius 3 is 1.96 bits per heavy atom. The van der Waals surface area contributed by atoms with Crippen LogP contribution in [0, 0.1) is 46.8 Å². The summed E-state index contributed by atoms with van der Waals surface area (Å²) in [6, 6.07) is 3.45. The zero-order valence-corrected chi connectivity index (χ0v) is 41.4. The lowest BCUT2D eigenvalue weighted by atomic mass is 9.82. The molecule has 2 aliphatic rings. The molecule has 1 aliphatic heterocycles. The summed E-state index contributed by atoms with van der Waals surface area (Å²) in [5, 5.41) is 10.6. The number of cyclic esters (lactones) is 1. The van der Waals surface area contributed by atoms with E-state index in [0.717, 1.165) is 44.6 Å². The van der Waals surface area contributed by atoms with E-state index in [0.29, 0.717) is 30.4 Å². The summed E-state index contributed by atoms with van der Waals surface area (Å²) < 4.78 is 26.5. The van der Waals surface area contributed by atoms with Gasteiger partial charge >= 0.3 is 11.9 Å². The summed E-state index contributed by atoms with van der Waals surface area (Å²) in [5.41, 5.74) is 0.632. The number of carbonyl (C=O) groups excluding carboxylic acids is 2. The molecule has 1 fully saturated rings. The molecule has 7 nitrogen and oxygen atoms in total. The van der Waals surface area contributed by atoms with Crippen LogP contribution in [0.4, 0.5) is 0 Å². The van der Waals surface area contributed by atoms with Crippen LogP contribution in [-0.2, 0) is 27.9 Å². The third-order valence-electron chi connectivity index (χ3n) is 13.3. The number of allylic oxidation sites excluding steroid dienone is 2. The van der Waals surface area contributed by atoms with Crippen LogP contribution in [0.3, 0.4) is 0 Å². The van der Waals surface area contributed by atoms with Gasteiger partial charge in [-0.3, -0.25) is 9.59 Å². The maximum absolute atomic E-state index is 14.1. The highest BCUT2D eigenvalue weighted by molar-refractivity contribution is 6.76. The maximum atomic E-state index is 14.1. The molecule has 0 amide bonds. The standard InChI is InChI=1S/C45H83NO6Si3/c1-32-27-33(2)29-35(4)42(52-55(16,17)45(8,9)10)36(31-46)21-18-19-24-39(37-22-20-23-38(37)43(48)49-25-26-53(11,12)13)50-41(47)30-40(34(3)28-32)51-54(14,15)44(5,6)7/h18-19,21,32-35,37-40,42H,20,22-30H2,1-17H3/b19-18+,36-21-/t32-,33+,34-,35-,37+,38+,39-,40-,42+/m0/s1. The van der Waals surface area contributed by atoms with Crippen molar-refractivity contribution >= 4 is 36.6 Å².